The molecule has 0 amide bonds. The van der Waals surface area contributed by atoms with Crippen LogP contribution in [0.2, 0.25) is 0 Å². The van der Waals surface area contributed by atoms with E-state index in [1.165, 1.54) is 0 Å². The van der Waals surface area contributed by atoms with Gasteiger partial charge in [0.1, 0.15) is 0 Å². The molecule has 1 unspecified atom stereocenters. The van der Waals surface area contributed by atoms with Crippen molar-refractivity contribution >= 4 is 17.6 Å². The van der Waals surface area contributed by atoms with Gasteiger partial charge in [0, 0.05) is 26.2 Å². The second kappa shape index (κ2) is 5.08. The van der Waals surface area contributed by atoms with E-state index in [9.17, 15) is 9.59 Å². The van der Waals surface area contributed by atoms with Gasteiger partial charge in [-0.15, -0.1) is 0 Å². The van der Waals surface area contributed by atoms with Gasteiger partial charge in [-0.3, -0.25) is 0 Å². The Kier molecular flexibility index (Phi) is 3.50. The van der Waals surface area contributed by atoms with Gasteiger partial charge < -0.3 is 14.4 Å². The van der Waals surface area contributed by atoms with Gasteiger partial charge in [0.05, 0.1) is 12.2 Å². The predicted molar refractivity (Wildman–Crippen MR) is 65.5 cm³/mol. The SMILES string of the molecule is CN(C)c1ccc(C(=O)OC2CCOC2=O)cc1. The van der Waals surface area contributed by atoms with Crippen molar-refractivity contribution in [1.82, 2.24) is 0 Å². The van der Waals surface area contributed by atoms with Crippen LogP contribution in [0.25, 0.3) is 0 Å². The summed E-state index contributed by atoms with van der Waals surface area (Å²) in [6.45, 7) is 0.316. The third-order valence-corrected chi connectivity index (χ3v) is 2.76. The van der Waals surface area contributed by atoms with Crippen molar-refractivity contribution < 1.29 is 19.1 Å². The minimum Gasteiger partial charge on any atom is -0.463 e. The molecule has 2 rings (SSSR count). The molecule has 1 heterocycles. The standard InChI is InChI=1S/C13H15NO4/c1-14(2)10-5-3-9(4-6-10)12(15)18-11-7-8-17-13(11)16/h3-6,11H,7-8H2,1-2H3. The van der Waals surface area contributed by atoms with E-state index in [4.69, 9.17) is 9.47 Å². The van der Waals surface area contributed by atoms with Crippen LogP contribution in [0.5, 0.6) is 0 Å². The van der Waals surface area contributed by atoms with Gasteiger partial charge in [-0.2, -0.15) is 0 Å². The van der Waals surface area contributed by atoms with E-state index >= 15 is 0 Å². The molecule has 0 N–H and O–H groups in total. The monoisotopic (exact) mass is 249 g/mol. The molecule has 1 aromatic carbocycles. The van der Waals surface area contributed by atoms with Crippen molar-refractivity contribution in [2.24, 2.45) is 0 Å². The van der Waals surface area contributed by atoms with Crippen LogP contribution < -0.4 is 4.90 Å². The van der Waals surface area contributed by atoms with Gasteiger partial charge in [0.25, 0.3) is 0 Å². The molecule has 5 heteroatoms. The molecular weight excluding hydrogens is 234 g/mol. The first kappa shape index (κ1) is 12.4. The van der Waals surface area contributed by atoms with Gasteiger partial charge in [-0.1, -0.05) is 0 Å². The van der Waals surface area contributed by atoms with E-state index < -0.39 is 18.0 Å². The summed E-state index contributed by atoms with van der Waals surface area (Å²) in [7, 11) is 3.84. The Morgan fingerprint density at radius 3 is 2.50 bits per heavy atom. The zero-order valence-electron chi connectivity index (χ0n) is 10.4. The Balaban J connectivity index is 2.02. The Morgan fingerprint density at radius 1 is 1.33 bits per heavy atom. The van der Waals surface area contributed by atoms with Crippen molar-refractivity contribution in [3.8, 4) is 0 Å². The van der Waals surface area contributed by atoms with Gasteiger partial charge in [-0.05, 0) is 24.3 Å². The van der Waals surface area contributed by atoms with Crippen molar-refractivity contribution in [3.05, 3.63) is 29.8 Å². The molecule has 0 saturated carbocycles. The smallest absolute Gasteiger partial charge is 0.347 e. The molecule has 1 fully saturated rings. The molecule has 1 aliphatic heterocycles. The molecule has 5 nitrogen and oxygen atoms in total. The first-order valence-corrected chi connectivity index (χ1v) is 5.73. The lowest BCUT2D eigenvalue weighted by atomic mass is 10.2. The molecule has 96 valence electrons. The lowest BCUT2D eigenvalue weighted by Gasteiger charge is -2.13. The highest BCUT2D eigenvalue weighted by Gasteiger charge is 2.30. The van der Waals surface area contributed by atoms with Gasteiger partial charge in [-0.25, -0.2) is 9.59 Å². The number of ether oxygens (including phenoxy) is 2. The number of esters is 2. The fourth-order valence-corrected chi connectivity index (χ4v) is 1.68. The summed E-state index contributed by atoms with van der Waals surface area (Å²) >= 11 is 0. The summed E-state index contributed by atoms with van der Waals surface area (Å²) in [6, 6.07) is 7.00. The van der Waals surface area contributed by atoms with Crippen molar-refractivity contribution in [2.75, 3.05) is 25.6 Å². The first-order valence-electron chi connectivity index (χ1n) is 5.73. The highest BCUT2D eigenvalue weighted by molar-refractivity contribution is 5.92. The van der Waals surface area contributed by atoms with Crippen LogP contribution in [0.3, 0.4) is 0 Å². The maximum absolute atomic E-state index is 11.8. The number of cyclic esters (lactones) is 1. The summed E-state index contributed by atoms with van der Waals surface area (Å²) in [6.07, 6.45) is -0.327. The molecule has 1 atom stereocenters. The Morgan fingerprint density at radius 2 is 2.00 bits per heavy atom. The van der Waals surface area contributed by atoms with Crippen LogP contribution in [-0.4, -0.2) is 38.7 Å². The third-order valence-electron chi connectivity index (χ3n) is 2.76. The van der Waals surface area contributed by atoms with Gasteiger partial charge in [0.15, 0.2) is 0 Å². The zero-order chi connectivity index (χ0) is 13.1. The maximum atomic E-state index is 11.8. The van der Waals surface area contributed by atoms with Crippen LogP contribution in [0, 0.1) is 0 Å². The maximum Gasteiger partial charge on any atom is 0.347 e. The quantitative estimate of drug-likeness (QED) is 0.754. The van der Waals surface area contributed by atoms with E-state index in [1.807, 2.05) is 31.1 Å². The van der Waals surface area contributed by atoms with Crippen LogP contribution in [0.1, 0.15) is 16.8 Å². The lowest BCUT2D eigenvalue weighted by Crippen LogP contribution is -2.22. The van der Waals surface area contributed by atoms with Crippen LogP contribution in [-0.2, 0) is 14.3 Å². The Labute approximate surface area is 105 Å². The summed E-state index contributed by atoms with van der Waals surface area (Å²) < 4.78 is 9.81. The highest BCUT2D eigenvalue weighted by Crippen LogP contribution is 2.16. The molecule has 18 heavy (non-hydrogen) atoms. The number of hydrogen-bond acceptors (Lipinski definition) is 5. The van der Waals surface area contributed by atoms with E-state index in [1.54, 1.807) is 12.1 Å². The minimum absolute atomic E-state index is 0.316. The fraction of sp³-hybridized carbons (Fsp3) is 0.385. The average molecular weight is 249 g/mol. The van der Waals surface area contributed by atoms with Crippen LogP contribution >= 0.6 is 0 Å². The van der Waals surface area contributed by atoms with Gasteiger partial charge >= 0.3 is 11.9 Å². The molecule has 1 aromatic rings. The molecule has 0 bridgehead atoms. The molecule has 0 aliphatic carbocycles. The molecule has 0 spiro atoms. The van der Waals surface area contributed by atoms with E-state index in [2.05, 4.69) is 0 Å². The van der Waals surface area contributed by atoms with Crippen molar-refractivity contribution in [3.63, 3.8) is 0 Å². The number of nitrogens with zero attached hydrogens (tertiary/aromatic N) is 1. The molecular formula is C13H15NO4. The summed E-state index contributed by atoms with van der Waals surface area (Å²) in [5.41, 5.74) is 1.42. The summed E-state index contributed by atoms with van der Waals surface area (Å²) in [4.78, 5) is 24.9. The predicted octanol–water partition coefficient (Wildman–Crippen LogP) is 1.22. The van der Waals surface area contributed by atoms with E-state index in [-0.39, 0.29) is 0 Å². The van der Waals surface area contributed by atoms with Gasteiger partial charge in [0.2, 0.25) is 6.10 Å². The zero-order valence-corrected chi connectivity index (χ0v) is 10.4. The van der Waals surface area contributed by atoms with Crippen molar-refractivity contribution in [2.45, 2.75) is 12.5 Å². The van der Waals surface area contributed by atoms with E-state index in [0.717, 1.165) is 5.69 Å². The normalized spacial score (nSPS) is 18.3. The summed E-state index contributed by atoms with van der Waals surface area (Å²) in [5.74, 6) is -0.961. The van der Waals surface area contributed by atoms with Crippen molar-refractivity contribution in [1.29, 1.82) is 0 Å². The minimum atomic E-state index is -0.758. The fourth-order valence-electron chi connectivity index (χ4n) is 1.68. The Bertz CT molecular complexity index is 453. The first-order chi connectivity index (χ1) is 8.58. The molecule has 0 aromatic heterocycles. The average Bonchev–Trinajstić information content (AvgIpc) is 2.75. The second-order valence-electron chi connectivity index (χ2n) is 4.29. The number of benzene rings is 1. The number of anilines is 1. The van der Waals surface area contributed by atoms with E-state index in [0.29, 0.717) is 18.6 Å². The van der Waals surface area contributed by atoms with Crippen LogP contribution in [0.4, 0.5) is 5.69 Å². The Hall–Kier alpha value is -2.04. The largest absolute Gasteiger partial charge is 0.463 e. The molecule has 1 saturated heterocycles. The molecule has 0 radical (unpaired) electrons. The lowest BCUT2D eigenvalue weighted by molar-refractivity contribution is -0.145. The number of carbonyl (C=O) groups is 2. The number of rotatable bonds is 3. The topological polar surface area (TPSA) is 55.8 Å². The molecule has 1 aliphatic rings. The third kappa shape index (κ3) is 2.61. The number of carbonyl (C=O) groups excluding carboxylic acids is 2. The summed E-state index contributed by atoms with van der Waals surface area (Å²) in [5, 5.41) is 0. The van der Waals surface area contributed by atoms with Crippen LogP contribution in [0.15, 0.2) is 24.3 Å². The highest BCUT2D eigenvalue weighted by atomic mass is 16.6. The second-order valence-corrected chi connectivity index (χ2v) is 4.29. The number of hydrogen-bond donors (Lipinski definition) is 0.